The number of nitrogens with one attached hydrogen (secondary N) is 3. The summed E-state index contributed by atoms with van der Waals surface area (Å²) in [5.41, 5.74) is 1.31. The van der Waals surface area contributed by atoms with Crippen LogP contribution in [0.4, 0.5) is 4.79 Å². The van der Waals surface area contributed by atoms with E-state index in [0.29, 0.717) is 19.5 Å². The van der Waals surface area contributed by atoms with Crippen LogP contribution >= 0.6 is 0 Å². The van der Waals surface area contributed by atoms with Gasteiger partial charge in [0.1, 0.15) is 0 Å². The zero-order valence-electron chi connectivity index (χ0n) is 16.2. The second-order valence-electron chi connectivity index (χ2n) is 6.35. The third kappa shape index (κ3) is 7.16. The lowest BCUT2D eigenvalue weighted by atomic mass is 10.00. The summed E-state index contributed by atoms with van der Waals surface area (Å²) in [4.78, 5) is 11.3. The van der Waals surface area contributed by atoms with E-state index < -0.39 is 0 Å². The van der Waals surface area contributed by atoms with E-state index in [2.05, 4.69) is 77.2 Å². The Morgan fingerprint density at radius 2 is 1.89 bits per heavy atom. The van der Waals surface area contributed by atoms with E-state index in [0.717, 1.165) is 13.0 Å². The second kappa shape index (κ2) is 11.8. The molecule has 1 atom stereocenters. The minimum atomic E-state index is -0.124. The SMILES string of the molecule is CCCNC(=O)NCCC#C/C=C/CN[C@H](C)c1cccc2ccccc12. The lowest BCUT2D eigenvalue weighted by Gasteiger charge is -2.15. The Labute approximate surface area is 162 Å². The highest BCUT2D eigenvalue weighted by Crippen LogP contribution is 2.23. The minimum absolute atomic E-state index is 0.124. The third-order valence-corrected chi connectivity index (χ3v) is 4.21. The fourth-order valence-corrected chi connectivity index (χ4v) is 2.77. The number of carbonyl (C=O) groups excluding carboxylic acids is 1. The molecule has 0 unspecified atom stereocenters. The molecule has 0 aromatic heterocycles. The molecule has 142 valence electrons. The Bertz CT molecular complexity index is 812. The maximum Gasteiger partial charge on any atom is 0.314 e. The molecule has 0 aliphatic heterocycles. The molecule has 0 saturated carbocycles. The van der Waals surface area contributed by atoms with Crippen LogP contribution in [0.15, 0.2) is 54.6 Å². The summed E-state index contributed by atoms with van der Waals surface area (Å²) in [7, 11) is 0. The van der Waals surface area contributed by atoms with Gasteiger partial charge in [-0.15, -0.1) is 0 Å². The number of urea groups is 1. The van der Waals surface area contributed by atoms with E-state index >= 15 is 0 Å². The van der Waals surface area contributed by atoms with Crippen LogP contribution in [0.3, 0.4) is 0 Å². The van der Waals surface area contributed by atoms with Crippen molar-refractivity contribution in [3.63, 3.8) is 0 Å². The number of allylic oxidation sites excluding steroid dienone is 1. The molecular weight excluding hydrogens is 334 g/mol. The first-order chi connectivity index (χ1) is 13.2. The summed E-state index contributed by atoms with van der Waals surface area (Å²) in [5.74, 6) is 6.04. The summed E-state index contributed by atoms with van der Waals surface area (Å²) >= 11 is 0. The van der Waals surface area contributed by atoms with Crippen LogP contribution in [0.2, 0.25) is 0 Å². The summed E-state index contributed by atoms with van der Waals surface area (Å²) in [6.07, 6.45) is 5.46. The molecule has 0 radical (unpaired) electrons. The summed E-state index contributed by atoms with van der Waals surface area (Å²) < 4.78 is 0. The molecule has 2 rings (SSSR count). The molecule has 0 saturated heterocycles. The van der Waals surface area contributed by atoms with E-state index in [1.54, 1.807) is 0 Å². The van der Waals surface area contributed by atoms with E-state index in [4.69, 9.17) is 0 Å². The van der Waals surface area contributed by atoms with Gasteiger partial charge in [0.2, 0.25) is 0 Å². The van der Waals surface area contributed by atoms with Gasteiger partial charge in [0, 0.05) is 32.1 Å². The van der Waals surface area contributed by atoms with Crippen LogP contribution in [0.5, 0.6) is 0 Å². The molecule has 27 heavy (non-hydrogen) atoms. The first-order valence-electron chi connectivity index (χ1n) is 9.58. The van der Waals surface area contributed by atoms with E-state index in [-0.39, 0.29) is 12.1 Å². The van der Waals surface area contributed by atoms with Gasteiger partial charge in [-0.2, -0.15) is 0 Å². The van der Waals surface area contributed by atoms with Crippen molar-refractivity contribution in [2.75, 3.05) is 19.6 Å². The summed E-state index contributed by atoms with van der Waals surface area (Å²) in [6, 6.07) is 15.0. The number of carbonyl (C=O) groups is 1. The van der Waals surface area contributed by atoms with Gasteiger partial charge in [-0.05, 0) is 35.8 Å². The van der Waals surface area contributed by atoms with Gasteiger partial charge in [-0.3, -0.25) is 0 Å². The molecule has 4 nitrogen and oxygen atoms in total. The highest BCUT2D eigenvalue weighted by molar-refractivity contribution is 5.86. The fourth-order valence-electron chi connectivity index (χ4n) is 2.77. The zero-order valence-corrected chi connectivity index (χ0v) is 16.2. The van der Waals surface area contributed by atoms with Crippen LogP contribution in [0.1, 0.15) is 38.3 Å². The van der Waals surface area contributed by atoms with Crippen LogP contribution in [-0.4, -0.2) is 25.7 Å². The lowest BCUT2D eigenvalue weighted by molar-refractivity contribution is 0.241. The van der Waals surface area contributed by atoms with Gasteiger partial charge in [0.15, 0.2) is 0 Å². The average Bonchev–Trinajstić information content (AvgIpc) is 2.70. The maximum atomic E-state index is 11.3. The molecule has 0 aliphatic carbocycles. The quantitative estimate of drug-likeness (QED) is 0.487. The van der Waals surface area contributed by atoms with Gasteiger partial charge >= 0.3 is 6.03 Å². The van der Waals surface area contributed by atoms with Gasteiger partial charge in [-0.1, -0.05) is 67.3 Å². The van der Waals surface area contributed by atoms with Gasteiger partial charge in [0.05, 0.1) is 0 Å². The van der Waals surface area contributed by atoms with E-state index in [9.17, 15) is 4.79 Å². The first-order valence-corrected chi connectivity index (χ1v) is 9.58. The lowest BCUT2D eigenvalue weighted by Crippen LogP contribution is -2.36. The normalized spacial score (nSPS) is 11.8. The van der Waals surface area contributed by atoms with E-state index in [1.165, 1.54) is 16.3 Å². The molecule has 2 aromatic carbocycles. The second-order valence-corrected chi connectivity index (χ2v) is 6.35. The van der Waals surface area contributed by atoms with Crippen LogP contribution < -0.4 is 16.0 Å². The molecule has 3 N–H and O–H groups in total. The Hall–Kier alpha value is -2.77. The van der Waals surface area contributed by atoms with Crippen molar-refractivity contribution in [1.82, 2.24) is 16.0 Å². The number of rotatable bonds is 8. The highest BCUT2D eigenvalue weighted by atomic mass is 16.2. The minimum Gasteiger partial charge on any atom is -0.338 e. The van der Waals surface area contributed by atoms with Crippen molar-refractivity contribution in [3.8, 4) is 11.8 Å². The van der Waals surface area contributed by atoms with Crippen molar-refractivity contribution in [2.45, 2.75) is 32.7 Å². The standard InChI is InChI=1S/C23H29N3O/c1-3-16-25-23(27)26-18-10-6-4-5-9-17-24-19(2)21-15-11-13-20-12-7-8-14-22(20)21/h5,7-9,11-15,19,24H,3,10,16-18H2,1-2H3,(H2,25,26,27)/b9-5+/t19-/m1/s1. The molecule has 0 spiro atoms. The molecule has 0 heterocycles. The van der Waals surface area contributed by atoms with Gasteiger partial charge in [0.25, 0.3) is 0 Å². The average molecular weight is 364 g/mol. The number of hydrogen-bond donors (Lipinski definition) is 3. The molecule has 2 amide bonds. The fraction of sp³-hybridized carbons (Fsp3) is 0.348. The van der Waals surface area contributed by atoms with Crippen molar-refractivity contribution >= 4 is 16.8 Å². The molecule has 0 bridgehead atoms. The van der Waals surface area contributed by atoms with Crippen LogP contribution in [-0.2, 0) is 0 Å². The number of fused-ring (bicyclic) bond motifs is 1. The predicted molar refractivity (Wildman–Crippen MR) is 114 cm³/mol. The topological polar surface area (TPSA) is 53.2 Å². The molecule has 0 fully saturated rings. The maximum absolute atomic E-state index is 11.3. The first kappa shape index (κ1) is 20.5. The number of amides is 2. The Morgan fingerprint density at radius 1 is 1.11 bits per heavy atom. The van der Waals surface area contributed by atoms with Crippen molar-refractivity contribution in [3.05, 3.63) is 60.2 Å². The molecule has 0 aliphatic rings. The molecule has 4 heteroatoms. The smallest absolute Gasteiger partial charge is 0.314 e. The third-order valence-electron chi connectivity index (χ3n) is 4.21. The van der Waals surface area contributed by atoms with Gasteiger partial charge in [-0.25, -0.2) is 4.79 Å². The Balaban J connectivity index is 1.69. The molecule has 2 aromatic rings. The summed E-state index contributed by atoms with van der Waals surface area (Å²) in [6.45, 7) is 6.22. The monoisotopic (exact) mass is 363 g/mol. The Morgan fingerprint density at radius 3 is 2.74 bits per heavy atom. The van der Waals surface area contributed by atoms with Crippen molar-refractivity contribution in [2.24, 2.45) is 0 Å². The van der Waals surface area contributed by atoms with Crippen LogP contribution in [0, 0.1) is 11.8 Å². The Kier molecular flexibility index (Phi) is 8.95. The van der Waals surface area contributed by atoms with Crippen molar-refractivity contribution < 1.29 is 4.79 Å². The largest absolute Gasteiger partial charge is 0.338 e. The summed E-state index contributed by atoms with van der Waals surface area (Å²) in [5, 5.41) is 11.6. The van der Waals surface area contributed by atoms with E-state index in [1.807, 2.05) is 19.1 Å². The zero-order chi connectivity index (χ0) is 19.3. The number of benzene rings is 2. The predicted octanol–water partition coefficient (Wildman–Crippen LogP) is 4.15. The molecular formula is C23H29N3O. The van der Waals surface area contributed by atoms with Gasteiger partial charge < -0.3 is 16.0 Å². The van der Waals surface area contributed by atoms with Crippen LogP contribution in [0.25, 0.3) is 10.8 Å². The van der Waals surface area contributed by atoms with Crippen molar-refractivity contribution in [1.29, 1.82) is 0 Å². The highest BCUT2D eigenvalue weighted by Gasteiger charge is 2.07. The number of hydrogen-bond acceptors (Lipinski definition) is 2.